The van der Waals surface area contributed by atoms with E-state index >= 15 is 0 Å². The number of aliphatic hydroxyl groups is 1. The Morgan fingerprint density at radius 1 is 1.33 bits per heavy atom. The smallest absolute Gasteiger partial charge is 0.336 e. The van der Waals surface area contributed by atoms with E-state index in [1.807, 2.05) is 0 Å². The maximum absolute atomic E-state index is 11.2. The lowest BCUT2D eigenvalue weighted by Gasteiger charge is -2.07. The molecular weight excluding hydrogens is 254 g/mol. The fourth-order valence-electron chi connectivity index (χ4n) is 1.67. The highest BCUT2D eigenvalue weighted by atomic mass is 35.5. The molecule has 2 rings (SSSR count). The predicted molar refractivity (Wildman–Crippen MR) is 67.6 cm³/mol. The van der Waals surface area contributed by atoms with Crippen LogP contribution in [0.5, 0.6) is 0 Å². The number of benzene rings is 1. The lowest BCUT2D eigenvalue weighted by Crippen LogP contribution is -2.01. The number of aromatic nitrogens is 1. The Morgan fingerprint density at radius 2 is 2.11 bits per heavy atom. The molecule has 1 aromatic heterocycles. The quantitative estimate of drug-likeness (QED) is 0.835. The van der Waals surface area contributed by atoms with E-state index in [2.05, 4.69) is 4.98 Å². The second-order valence-corrected chi connectivity index (χ2v) is 4.10. The van der Waals surface area contributed by atoms with Gasteiger partial charge in [-0.05, 0) is 23.3 Å². The number of hydrogen-bond acceptors (Lipinski definition) is 3. The van der Waals surface area contributed by atoms with E-state index in [-0.39, 0.29) is 17.3 Å². The molecule has 2 N–H and O–H groups in total. The van der Waals surface area contributed by atoms with Crippen LogP contribution in [0.2, 0.25) is 5.15 Å². The average Bonchev–Trinajstić information content (AvgIpc) is 2.38. The summed E-state index contributed by atoms with van der Waals surface area (Å²) in [5, 5.41) is 18.4. The molecule has 2 aromatic rings. The van der Waals surface area contributed by atoms with Crippen LogP contribution in [0.15, 0.2) is 36.5 Å². The van der Waals surface area contributed by atoms with Crippen LogP contribution in [0.3, 0.4) is 0 Å². The van der Waals surface area contributed by atoms with Crippen molar-refractivity contribution in [3.63, 3.8) is 0 Å². The molecular formula is C13H10ClNO3. The zero-order valence-corrected chi connectivity index (χ0v) is 10.1. The van der Waals surface area contributed by atoms with Gasteiger partial charge in [0.2, 0.25) is 0 Å². The highest BCUT2D eigenvalue weighted by Crippen LogP contribution is 2.25. The summed E-state index contributed by atoms with van der Waals surface area (Å²) in [5.41, 5.74) is 1.95. The molecule has 0 fully saturated rings. The first kappa shape index (κ1) is 12.5. The minimum absolute atomic E-state index is 0.0880. The molecule has 18 heavy (non-hydrogen) atoms. The number of aliphatic hydroxyl groups excluding tert-OH is 1. The first-order valence-electron chi connectivity index (χ1n) is 5.21. The Balaban J connectivity index is 2.59. The molecule has 0 saturated heterocycles. The van der Waals surface area contributed by atoms with Gasteiger partial charge in [0.25, 0.3) is 0 Å². The number of pyridine rings is 1. The normalized spacial score (nSPS) is 10.3. The van der Waals surface area contributed by atoms with Gasteiger partial charge in [-0.1, -0.05) is 29.8 Å². The third-order valence-electron chi connectivity index (χ3n) is 2.52. The van der Waals surface area contributed by atoms with E-state index in [0.717, 1.165) is 0 Å². The summed E-state index contributed by atoms with van der Waals surface area (Å²) in [6, 6.07) is 8.30. The molecule has 0 amide bonds. The van der Waals surface area contributed by atoms with Crippen LogP contribution >= 0.6 is 11.6 Å². The molecule has 92 valence electrons. The first-order valence-corrected chi connectivity index (χ1v) is 5.58. The van der Waals surface area contributed by atoms with Crippen LogP contribution < -0.4 is 0 Å². The first-order chi connectivity index (χ1) is 8.61. The van der Waals surface area contributed by atoms with Crippen molar-refractivity contribution in [2.75, 3.05) is 0 Å². The van der Waals surface area contributed by atoms with Crippen molar-refractivity contribution < 1.29 is 15.0 Å². The summed E-state index contributed by atoms with van der Waals surface area (Å²) in [5.74, 6) is -1.07. The van der Waals surface area contributed by atoms with Crippen molar-refractivity contribution in [3.05, 3.63) is 52.8 Å². The molecule has 0 spiro atoms. The number of carbonyl (C=O) groups is 1. The van der Waals surface area contributed by atoms with Gasteiger partial charge in [0.05, 0.1) is 12.2 Å². The summed E-state index contributed by atoms with van der Waals surface area (Å²) in [7, 11) is 0. The monoisotopic (exact) mass is 263 g/mol. The van der Waals surface area contributed by atoms with Crippen LogP contribution in [0.4, 0.5) is 0 Å². The van der Waals surface area contributed by atoms with Crippen molar-refractivity contribution in [2.24, 2.45) is 0 Å². The zero-order chi connectivity index (χ0) is 13.1. The average molecular weight is 264 g/mol. The van der Waals surface area contributed by atoms with Crippen LogP contribution in [0.25, 0.3) is 11.1 Å². The number of hydrogen-bond donors (Lipinski definition) is 2. The van der Waals surface area contributed by atoms with E-state index < -0.39 is 5.97 Å². The van der Waals surface area contributed by atoms with Gasteiger partial charge in [0.1, 0.15) is 5.15 Å². The lowest BCUT2D eigenvalue weighted by atomic mass is 10.0. The van der Waals surface area contributed by atoms with Crippen LogP contribution in [-0.2, 0) is 6.61 Å². The summed E-state index contributed by atoms with van der Waals surface area (Å²) in [6.07, 6.45) is 1.42. The van der Waals surface area contributed by atoms with Crippen LogP contribution in [0.1, 0.15) is 15.9 Å². The van der Waals surface area contributed by atoms with E-state index in [9.17, 15) is 4.79 Å². The number of carboxylic acids is 1. The van der Waals surface area contributed by atoms with Gasteiger partial charge in [-0.15, -0.1) is 0 Å². The van der Waals surface area contributed by atoms with Gasteiger partial charge in [0, 0.05) is 11.8 Å². The Bertz CT molecular complexity index is 599. The summed E-state index contributed by atoms with van der Waals surface area (Å²) in [4.78, 5) is 15.1. The van der Waals surface area contributed by atoms with Crippen molar-refractivity contribution in [2.45, 2.75) is 6.61 Å². The topological polar surface area (TPSA) is 70.4 Å². The van der Waals surface area contributed by atoms with Gasteiger partial charge in [0.15, 0.2) is 0 Å². The SMILES string of the molecule is O=C(O)c1cc(Cl)ncc1-c1cccc(CO)c1. The largest absolute Gasteiger partial charge is 0.478 e. The lowest BCUT2D eigenvalue weighted by molar-refractivity contribution is 0.0697. The predicted octanol–water partition coefficient (Wildman–Crippen LogP) is 2.59. The molecule has 0 unspecified atom stereocenters. The van der Waals surface area contributed by atoms with E-state index in [1.165, 1.54) is 12.3 Å². The summed E-state index contributed by atoms with van der Waals surface area (Å²) >= 11 is 5.69. The molecule has 0 atom stereocenters. The number of aromatic carboxylic acids is 1. The Kier molecular flexibility index (Phi) is 3.60. The van der Waals surface area contributed by atoms with Gasteiger partial charge in [-0.2, -0.15) is 0 Å². The Morgan fingerprint density at radius 3 is 2.78 bits per heavy atom. The molecule has 1 aromatic carbocycles. The fraction of sp³-hybridized carbons (Fsp3) is 0.0769. The third kappa shape index (κ3) is 2.50. The van der Waals surface area contributed by atoms with Gasteiger partial charge < -0.3 is 10.2 Å². The molecule has 0 aliphatic carbocycles. The van der Waals surface area contributed by atoms with Gasteiger partial charge in [-0.25, -0.2) is 9.78 Å². The second kappa shape index (κ2) is 5.16. The molecule has 0 saturated carbocycles. The minimum Gasteiger partial charge on any atom is -0.478 e. The summed E-state index contributed by atoms with van der Waals surface area (Å²) < 4.78 is 0. The number of nitrogens with zero attached hydrogens (tertiary/aromatic N) is 1. The van der Waals surface area contributed by atoms with E-state index in [0.29, 0.717) is 16.7 Å². The van der Waals surface area contributed by atoms with Crippen molar-refractivity contribution in [1.82, 2.24) is 4.98 Å². The Labute approximate surface area is 108 Å². The highest BCUT2D eigenvalue weighted by Gasteiger charge is 2.13. The van der Waals surface area contributed by atoms with Crippen LogP contribution in [-0.4, -0.2) is 21.2 Å². The van der Waals surface area contributed by atoms with Gasteiger partial charge in [-0.3, -0.25) is 0 Å². The Hall–Kier alpha value is -1.91. The maximum Gasteiger partial charge on any atom is 0.336 e. The molecule has 1 heterocycles. The van der Waals surface area contributed by atoms with Crippen molar-refractivity contribution >= 4 is 17.6 Å². The van der Waals surface area contributed by atoms with Crippen LogP contribution in [0, 0.1) is 0 Å². The van der Waals surface area contributed by atoms with E-state index in [4.69, 9.17) is 21.8 Å². The standard InChI is InChI=1S/C13H10ClNO3/c14-12-5-10(13(17)18)11(6-15-12)9-3-1-2-8(4-9)7-16/h1-6,16H,7H2,(H,17,18). The second-order valence-electron chi connectivity index (χ2n) is 3.72. The van der Waals surface area contributed by atoms with E-state index in [1.54, 1.807) is 24.3 Å². The molecule has 0 bridgehead atoms. The minimum atomic E-state index is -1.07. The number of halogens is 1. The zero-order valence-electron chi connectivity index (χ0n) is 9.30. The fourth-order valence-corrected chi connectivity index (χ4v) is 1.83. The molecule has 0 aliphatic heterocycles. The summed E-state index contributed by atoms with van der Waals surface area (Å²) in [6.45, 7) is -0.0999. The molecule has 0 aliphatic rings. The third-order valence-corrected chi connectivity index (χ3v) is 2.73. The molecule has 5 heteroatoms. The number of carboxylic acid groups (broad SMARTS) is 1. The molecule has 4 nitrogen and oxygen atoms in total. The highest BCUT2D eigenvalue weighted by molar-refractivity contribution is 6.29. The number of rotatable bonds is 3. The maximum atomic E-state index is 11.2. The van der Waals surface area contributed by atoms with Gasteiger partial charge >= 0.3 is 5.97 Å². The van der Waals surface area contributed by atoms with Crippen molar-refractivity contribution in [1.29, 1.82) is 0 Å². The van der Waals surface area contributed by atoms with Crippen molar-refractivity contribution in [3.8, 4) is 11.1 Å². The molecule has 0 radical (unpaired) electrons.